The quantitative estimate of drug-likeness (QED) is 0.307. The zero-order valence-corrected chi connectivity index (χ0v) is 23.5. The van der Waals surface area contributed by atoms with Gasteiger partial charge in [-0.1, -0.05) is 17.4 Å². The summed E-state index contributed by atoms with van der Waals surface area (Å²) in [6.07, 6.45) is 4.14. The van der Waals surface area contributed by atoms with E-state index in [0.29, 0.717) is 76.6 Å². The minimum Gasteiger partial charge on any atom is -0.748 e. The average molecular weight is 580 g/mol. The van der Waals surface area contributed by atoms with Gasteiger partial charge in [-0.05, 0) is 35.9 Å². The summed E-state index contributed by atoms with van der Waals surface area (Å²) >= 11 is 1.57. The first kappa shape index (κ1) is 29.2. The second kappa shape index (κ2) is 14.6. The summed E-state index contributed by atoms with van der Waals surface area (Å²) in [5.74, 6) is 1.49. The van der Waals surface area contributed by atoms with E-state index in [2.05, 4.69) is 0 Å². The van der Waals surface area contributed by atoms with Crippen molar-refractivity contribution in [1.82, 2.24) is 0 Å². The molecule has 12 heteroatoms. The molecule has 0 unspecified atom stereocenters. The van der Waals surface area contributed by atoms with Crippen LogP contribution in [-0.2, 0) is 30.9 Å². The van der Waals surface area contributed by atoms with E-state index in [1.165, 1.54) is 0 Å². The van der Waals surface area contributed by atoms with Gasteiger partial charge in [-0.15, -0.1) is 0 Å². The number of aromatic nitrogens is 1. The van der Waals surface area contributed by atoms with Crippen LogP contribution in [0.4, 0.5) is 0 Å². The fraction of sp³-hybridized carbons (Fsp3) is 0.444. The maximum Gasteiger partial charge on any atom is 0.262 e. The van der Waals surface area contributed by atoms with Crippen molar-refractivity contribution in [2.45, 2.75) is 13.0 Å². The predicted molar refractivity (Wildman–Crippen MR) is 147 cm³/mol. The highest BCUT2D eigenvalue weighted by molar-refractivity contribution is 7.85. The van der Waals surface area contributed by atoms with Crippen LogP contribution in [0, 0.1) is 0 Å². The van der Waals surface area contributed by atoms with Gasteiger partial charge in [0.1, 0.15) is 23.7 Å². The molecule has 0 bridgehead atoms. The minimum absolute atomic E-state index is 0.211. The lowest BCUT2D eigenvalue weighted by Crippen LogP contribution is -2.36. The average Bonchev–Trinajstić information content (AvgIpc) is 3.25. The van der Waals surface area contributed by atoms with Gasteiger partial charge in [0.05, 0.1) is 62.9 Å². The van der Waals surface area contributed by atoms with Gasteiger partial charge in [0, 0.05) is 18.2 Å². The standard InChI is InChI=1S/C27H33NO9S2/c1-32-22-5-7-26-23(20-22)28(9-2-18-39(29,30)31)27(38-26)8-4-21-3-6-24-25(19-21)37-17-15-35-13-11-33-10-12-34-14-16-36-24/h3-8,19-20H,2,9-18H2,1H3/b8-4+. The van der Waals surface area contributed by atoms with Gasteiger partial charge in [0.25, 0.3) is 5.01 Å². The van der Waals surface area contributed by atoms with Crippen LogP contribution in [0.3, 0.4) is 0 Å². The molecule has 3 aromatic rings. The third kappa shape index (κ3) is 9.16. The summed E-state index contributed by atoms with van der Waals surface area (Å²) in [5, 5.41) is 0.905. The van der Waals surface area contributed by atoms with E-state index in [9.17, 15) is 13.0 Å². The van der Waals surface area contributed by atoms with Crippen LogP contribution in [-0.4, -0.2) is 78.7 Å². The molecule has 1 aliphatic rings. The summed E-state index contributed by atoms with van der Waals surface area (Å²) < 4.78 is 70.3. The van der Waals surface area contributed by atoms with Crippen molar-refractivity contribution in [3.05, 3.63) is 47.0 Å². The number of benzene rings is 2. The van der Waals surface area contributed by atoms with Crippen LogP contribution < -0.4 is 18.8 Å². The summed E-state index contributed by atoms with van der Waals surface area (Å²) in [7, 11) is -2.70. The van der Waals surface area contributed by atoms with Crippen LogP contribution in [0.25, 0.3) is 22.4 Å². The molecule has 4 rings (SSSR count). The largest absolute Gasteiger partial charge is 0.748 e. The number of nitrogens with zero attached hydrogens (tertiary/aromatic N) is 1. The maximum atomic E-state index is 11.2. The third-order valence-corrected chi connectivity index (χ3v) is 7.73. The molecule has 0 fully saturated rings. The molecule has 1 aromatic heterocycles. The van der Waals surface area contributed by atoms with Gasteiger partial charge in [-0.3, -0.25) is 0 Å². The van der Waals surface area contributed by atoms with Crippen LogP contribution in [0.15, 0.2) is 36.4 Å². The highest BCUT2D eigenvalue weighted by atomic mass is 32.2. The third-order valence-electron chi connectivity index (χ3n) is 5.81. The molecule has 10 nitrogen and oxygen atoms in total. The smallest absolute Gasteiger partial charge is 0.262 e. The van der Waals surface area contributed by atoms with E-state index in [0.717, 1.165) is 20.8 Å². The Morgan fingerprint density at radius 1 is 0.897 bits per heavy atom. The molecule has 0 spiro atoms. The van der Waals surface area contributed by atoms with Gasteiger partial charge < -0.3 is 33.0 Å². The Kier molecular flexibility index (Phi) is 10.9. The monoisotopic (exact) mass is 579 g/mol. The Bertz CT molecular complexity index is 1350. The van der Waals surface area contributed by atoms with Crippen LogP contribution in [0.1, 0.15) is 17.0 Å². The molecule has 39 heavy (non-hydrogen) atoms. The first-order chi connectivity index (χ1) is 18.9. The number of aryl methyl sites for hydroxylation is 1. The molecule has 0 N–H and O–H groups in total. The summed E-state index contributed by atoms with van der Waals surface area (Å²) in [4.78, 5) is 0. The fourth-order valence-corrected chi connectivity index (χ4v) is 5.51. The van der Waals surface area contributed by atoms with Crippen LogP contribution in [0.2, 0.25) is 0 Å². The second-order valence-corrected chi connectivity index (χ2v) is 11.2. The molecule has 1 aliphatic heterocycles. The molecule has 2 heterocycles. The van der Waals surface area contributed by atoms with E-state index < -0.39 is 15.9 Å². The minimum atomic E-state index is -4.29. The van der Waals surface area contributed by atoms with E-state index in [4.69, 9.17) is 28.4 Å². The summed E-state index contributed by atoms with van der Waals surface area (Å²) in [5.41, 5.74) is 1.80. The van der Waals surface area contributed by atoms with Gasteiger partial charge in [-0.2, -0.15) is 4.57 Å². The first-order valence-electron chi connectivity index (χ1n) is 12.7. The van der Waals surface area contributed by atoms with E-state index >= 15 is 0 Å². The highest BCUT2D eigenvalue weighted by Crippen LogP contribution is 2.30. The van der Waals surface area contributed by atoms with E-state index in [1.54, 1.807) is 18.4 Å². The molecule has 0 amide bonds. The van der Waals surface area contributed by atoms with Crippen molar-refractivity contribution in [3.8, 4) is 17.2 Å². The number of hydrogen-bond donors (Lipinski definition) is 0. The number of thiazole rings is 1. The van der Waals surface area contributed by atoms with Crippen molar-refractivity contribution in [2.24, 2.45) is 0 Å². The number of methoxy groups -OCH3 is 1. The molecule has 0 saturated carbocycles. The Labute approximate surface area is 232 Å². The second-order valence-electron chi connectivity index (χ2n) is 8.61. The van der Waals surface area contributed by atoms with E-state index in [-0.39, 0.29) is 6.42 Å². The van der Waals surface area contributed by atoms with Crippen LogP contribution in [0.5, 0.6) is 17.2 Å². The summed E-state index contributed by atoms with van der Waals surface area (Å²) in [6.45, 7) is 3.97. The van der Waals surface area contributed by atoms with Crippen molar-refractivity contribution >= 4 is 43.8 Å². The van der Waals surface area contributed by atoms with Crippen molar-refractivity contribution in [2.75, 3.05) is 65.7 Å². The SMILES string of the molecule is COc1ccc2sc(/C=C/c3ccc4c(c3)OCCOCCOCCOCCO4)[n+](CCCS(=O)(=O)[O-])c2c1. The van der Waals surface area contributed by atoms with Crippen molar-refractivity contribution in [1.29, 1.82) is 0 Å². The number of ether oxygens (including phenoxy) is 6. The van der Waals surface area contributed by atoms with Gasteiger partial charge in [-0.25, -0.2) is 8.42 Å². The lowest BCUT2D eigenvalue weighted by molar-refractivity contribution is -0.668. The van der Waals surface area contributed by atoms with Gasteiger partial charge in [0.2, 0.25) is 5.52 Å². The normalized spacial score (nSPS) is 16.2. The molecule has 212 valence electrons. The van der Waals surface area contributed by atoms with Crippen LogP contribution >= 0.6 is 11.3 Å². The molecule has 0 aliphatic carbocycles. The topological polar surface area (TPSA) is 116 Å². The highest BCUT2D eigenvalue weighted by Gasteiger charge is 2.20. The molecule has 0 atom stereocenters. The number of rotatable bonds is 7. The Hall–Kier alpha value is -2.74. The molecular formula is C27H33NO9S2. The zero-order chi connectivity index (χ0) is 27.5. The van der Waals surface area contributed by atoms with Gasteiger partial charge in [0.15, 0.2) is 18.0 Å². The maximum absolute atomic E-state index is 11.2. The number of hydrogen-bond acceptors (Lipinski definition) is 10. The first-order valence-corrected chi connectivity index (χ1v) is 15.1. The Morgan fingerprint density at radius 3 is 2.23 bits per heavy atom. The molecule has 2 aromatic carbocycles. The summed E-state index contributed by atoms with van der Waals surface area (Å²) in [6, 6.07) is 11.5. The zero-order valence-electron chi connectivity index (χ0n) is 21.8. The fourth-order valence-electron chi connectivity index (χ4n) is 3.95. The molecule has 0 radical (unpaired) electrons. The lowest BCUT2D eigenvalue weighted by Gasteiger charge is -2.13. The lowest BCUT2D eigenvalue weighted by atomic mass is 10.2. The van der Waals surface area contributed by atoms with Gasteiger partial charge >= 0.3 is 0 Å². The molecular weight excluding hydrogens is 546 g/mol. The molecule has 0 saturated heterocycles. The van der Waals surface area contributed by atoms with E-state index in [1.807, 2.05) is 53.1 Å². The van der Waals surface area contributed by atoms with Crippen molar-refractivity contribution in [3.63, 3.8) is 0 Å². The predicted octanol–water partition coefficient (Wildman–Crippen LogP) is 3.12. The Balaban J connectivity index is 1.56. The number of fused-ring (bicyclic) bond motifs is 2. The Morgan fingerprint density at radius 2 is 1.56 bits per heavy atom. The van der Waals surface area contributed by atoms with Crippen molar-refractivity contribution < 1.29 is 46.0 Å².